The highest BCUT2D eigenvalue weighted by atomic mass is 19.1. The zero-order valence-corrected chi connectivity index (χ0v) is 13.3. The molecule has 2 bridgehead atoms. The number of ether oxygens (including phenoxy) is 1. The van der Waals surface area contributed by atoms with Crippen molar-refractivity contribution in [3.05, 3.63) is 42.5 Å². The van der Waals surface area contributed by atoms with Gasteiger partial charge >= 0.3 is 0 Å². The van der Waals surface area contributed by atoms with E-state index in [-0.39, 0.29) is 24.2 Å². The SMILES string of the molecule is C=CCOC1C2CCCC1CN(C(=O)Cc1ccc(F)cn1)C2. The number of piperidine rings is 1. The van der Waals surface area contributed by atoms with Crippen molar-refractivity contribution >= 4 is 5.91 Å². The normalized spacial score (nSPS) is 26.8. The Labute approximate surface area is 136 Å². The first-order valence-electron chi connectivity index (χ1n) is 8.28. The monoisotopic (exact) mass is 318 g/mol. The molecule has 4 nitrogen and oxygen atoms in total. The molecule has 2 aliphatic rings. The molecule has 1 saturated carbocycles. The van der Waals surface area contributed by atoms with Crippen LogP contribution in [0.25, 0.3) is 0 Å². The van der Waals surface area contributed by atoms with E-state index in [1.54, 1.807) is 12.1 Å². The van der Waals surface area contributed by atoms with Crippen LogP contribution in [-0.2, 0) is 16.0 Å². The van der Waals surface area contributed by atoms with Crippen LogP contribution in [0.3, 0.4) is 0 Å². The van der Waals surface area contributed by atoms with Crippen LogP contribution in [0.15, 0.2) is 31.0 Å². The van der Waals surface area contributed by atoms with E-state index < -0.39 is 0 Å². The van der Waals surface area contributed by atoms with E-state index in [1.807, 2.05) is 4.90 Å². The van der Waals surface area contributed by atoms with Gasteiger partial charge in [0.05, 0.1) is 25.3 Å². The average Bonchev–Trinajstić information content (AvgIpc) is 2.54. The van der Waals surface area contributed by atoms with Gasteiger partial charge in [0, 0.05) is 30.6 Å². The number of halogens is 1. The molecule has 3 rings (SSSR count). The first kappa shape index (κ1) is 16.1. The number of hydrogen-bond acceptors (Lipinski definition) is 3. The Morgan fingerprint density at radius 1 is 1.39 bits per heavy atom. The minimum Gasteiger partial charge on any atom is -0.373 e. The van der Waals surface area contributed by atoms with Gasteiger partial charge in [-0.05, 0) is 25.0 Å². The zero-order valence-electron chi connectivity index (χ0n) is 13.3. The Morgan fingerprint density at radius 2 is 2.13 bits per heavy atom. The van der Waals surface area contributed by atoms with Gasteiger partial charge in [-0.15, -0.1) is 6.58 Å². The van der Waals surface area contributed by atoms with Crippen molar-refractivity contribution in [2.75, 3.05) is 19.7 Å². The summed E-state index contributed by atoms with van der Waals surface area (Å²) in [6.07, 6.45) is 6.85. The highest BCUT2D eigenvalue weighted by Gasteiger charge is 2.41. The van der Waals surface area contributed by atoms with Crippen molar-refractivity contribution in [2.45, 2.75) is 31.8 Å². The van der Waals surface area contributed by atoms with Crippen LogP contribution in [0, 0.1) is 17.7 Å². The quantitative estimate of drug-likeness (QED) is 0.784. The number of likely N-dealkylation sites (tertiary alicyclic amines) is 1. The molecule has 0 aromatic carbocycles. The molecule has 23 heavy (non-hydrogen) atoms. The van der Waals surface area contributed by atoms with Gasteiger partial charge in [-0.25, -0.2) is 4.39 Å². The first-order valence-corrected chi connectivity index (χ1v) is 8.28. The van der Waals surface area contributed by atoms with Gasteiger partial charge in [0.15, 0.2) is 0 Å². The Bertz CT molecular complexity index is 547. The van der Waals surface area contributed by atoms with Crippen LogP contribution < -0.4 is 0 Å². The standard InChI is InChI=1S/C18H23FN2O2/c1-2-8-23-18-13-4-3-5-14(18)12-21(11-13)17(22)9-16-7-6-15(19)10-20-16/h2,6-7,10,13-14,18H,1,3-5,8-9,11-12H2. The maximum atomic E-state index is 12.9. The number of carbonyl (C=O) groups is 1. The number of pyridine rings is 1. The van der Waals surface area contributed by atoms with Crippen LogP contribution in [-0.4, -0.2) is 41.6 Å². The van der Waals surface area contributed by atoms with Crippen molar-refractivity contribution in [2.24, 2.45) is 11.8 Å². The van der Waals surface area contributed by atoms with Crippen molar-refractivity contribution in [3.63, 3.8) is 0 Å². The molecule has 0 N–H and O–H groups in total. The molecule has 5 heteroatoms. The maximum Gasteiger partial charge on any atom is 0.228 e. The molecular formula is C18H23FN2O2. The van der Waals surface area contributed by atoms with Gasteiger partial charge in [0.1, 0.15) is 5.82 Å². The number of aromatic nitrogens is 1. The maximum absolute atomic E-state index is 12.9. The fourth-order valence-corrected chi connectivity index (χ4v) is 3.82. The third-order valence-corrected chi connectivity index (χ3v) is 4.87. The number of amides is 1. The zero-order chi connectivity index (χ0) is 16.2. The minimum atomic E-state index is -0.379. The number of carbonyl (C=O) groups excluding carboxylic acids is 1. The van der Waals surface area contributed by atoms with Gasteiger partial charge in [-0.1, -0.05) is 12.5 Å². The van der Waals surface area contributed by atoms with Gasteiger partial charge in [0.25, 0.3) is 0 Å². The topological polar surface area (TPSA) is 42.4 Å². The Balaban J connectivity index is 1.62. The van der Waals surface area contributed by atoms with E-state index in [0.717, 1.165) is 32.1 Å². The summed E-state index contributed by atoms with van der Waals surface area (Å²) in [6.45, 7) is 5.78. The summed E-state index contributed by atoms with van der Waals surface area (Å²) < 4.78 is 18.8. The Hall–Kier alpha value is -1.75. The fourth-order valence-electron chi connectivity index (χ4n) is 3.82. The second-order valence-electron chi connectivity index (χ2n) is 6.48. The molecule has 1 aliphatic carbocycles. The van der Waals surface area contributed by atoms with E-state index in [1.165, 1.54) is 12.5 Å². The van der Waals surface area contributed by atoms with E-state index in [0.29, 0.717) is 24.1 Å². The van der Waals surface area contributed by atoms with Crippen molar-refractivity contribution in [1.82, 2.24) is 9.88 Å². The molecule has 0 radical (unpaired) electrons. The molecule has 2 atom stereocenters. The lowest BCUT2D eigenvalue weighted by Gasteiger charge is -2.47. The Morgan fingerprint density at radius 3 is 2.74 bits per heavy atom. The first-order chi connectivity index (χ1) is 11.2. The average molecular weight is 318 g/mol. The van der Waals surface area contributed by atoms with Gasteiger partial charge in [-0.2, -0.15) is 0 Å². The van der Waals surface area contributed by atoms with E-state index in [9.17, 15) is 9.18 Å². The molecule has 2 unspecified atom stereocenters. The van der Waals surface area contributed by atoms with E-state index in [2.05, 4.69) is 11.6 Å². The highest BCUT2D eigenvalue weighted by molar-refractivity contribution is 5.78. The third kappa shape index (κ3) is 3.78. The summed E-state index contributed by atoms with van der Waals surface area (Å²) in [5.41, 5.74) is 0.617. The summed E-state index contributed by atoms with van der Waals surface area (Å²) in [6, 6.07) is 2.92. The van der Waals surface area contributed by atoms with Gasteiger partial charge in [-0.3, -0.25) is 9.78 Å². The fraction of sp³-hybridized carbons (Fsp3) is 0.556. The minimum absolute atomic E-state index is 0.0724. The molecular weight excluding hydrogens is 295 g/mol. The molecule has 1 saturated heterocycles. The van der Waals surface area contributed by atoms with Crippen molar-refractivity contribution in [1.29, 1.82) is 0 Å². The lowest BCUT2D eigenvalue weighted by molar-refractivity contribution is -0.142. The van der Waals surface area contributed by atoms with Crippen LogP contribution in [0.4, 0.5) is 4.39 Å². The molecule has 124 valence electrons. The van der Waals surface area contributed by atoms with Crippen LogP contribution in [0.1, 0.15) is 25.0 Å². The van der Waals surface area contributed by atoms with Crippen molar-refractivity contribution in [3.8, 4) is 0 Å². The van der Waals surface area contributed by atoms with Crippen molar-refractivity contribution < 1.29 is 13.9 Å². The van der Waals surface area contributed by atoms with Crippen LogP contribution >= 0.6 is 0 Å². The molecule has 1 aromatic rings. The molecule has 2 fully saturated rings. The number of fused-ring (bicyclic) bond motifs is 2. The molecule has 1 amide bonds. The smallest absolute Gasteiger partial charge is 0.228 e. The molecule has 0 spiro atoms. The number of nitrogens with zero attached hydrogens (tertiary/aromatic N) is 2. The predicted octanol–water partition coefficient (Wildman–Crippen LogP) is 2.59. The highest BCUT2D eigenvalue weighted by Crippen LogP contribution is 2.37. The van der Waals surface area contributed by atoms with E-state index in [4.69, 9.17) is 4.74 Å². The van der Waals surface area contributed by atoms with Crippen LogP contribution in [0.2, 0.25) is 0 Å². The lowest BCUT2D eigenvalue weighted by atomic mass is 9.75. The predicted molar refractivity (Wildman–Crippen MR) is 85.2 cm³/mol. The summed E-state index contributed by atoms with van der Waals surface area (Å²) in [5, 5.41) is 0. The summed E-state index contributed by atoms with van der Waals surface area (Å²) >= 11 is 0. The second kappa shape index (κ2) is 7.21. The van der Waals surface area contributed by atoms with Gasteiger partial charge in [0.2, 0.25) is 5.91 Å². The number of rotatable bonds is 5. The lowest BCUT2D eigenvalue weighted by Crippen LogP contribution is -2.54. The molecule has 2 heterocycles. The van der Waals surface area contributed by atoms with Gasteiger partial charge < -0.3 is 9.64 Å². The summed E-state index contributed by atoms with van der Waals surface area (Å²) in [7, 11) is 0. The molecule has 1 aliphatic heterocycles. The second-order valence-corrected chi connectivity index (χ2v) is 6.48. The summed E-state index contributed by atoms with van der Waals surface area (Å²) in [5.74, 6) is 0.513. The number of hydrogen-bond donors (Lipinski definition) is 0. The summed E-state index contributed by atoms with van der Waals surface area (Å²) in [4.78, 5) is 18.5. The molecule has 1 aromatic heterocycles. The third-order valence-electron chi connectivity index (χ3n) is 4.87. The van der Waals surface area contributed by atoms with E-state index >= 15 is 0 Å². The van der Waals surface area contributed by atoms with Crippen LogP contribution in [0.5, 0.6) is 0 Å². The Kier molecular flexibility index (Phi) is 5.06. The largest absolute Gasteiger partial charge is 0.373 e.